The molecule has 0 saturated carbocycles. The van der Waals surface area contributed by atoms with Crippen molar-refractivity contribution in [3.05, 3.63) is 12.4 Å². The van der Waals surface area contributed by atoms with E-state index in [1.807, 2.05) is 10.9 Å². The Morgan fingerprint density at radius 2 is 2.06 bits per heavy atom. The molecule has 92 valence electrons. The molecule has 1 aromatic rings. The first-order valence-corrected chi connectivity index (χ1v) is 8.55. The van der Waals surface area contributed by atoms with E-state index in [1.165, 1.54) is 0 Å². The molecule has 0 fully saturated rings. The van der Waals surface area contributed by atoms with Crippen LogP contribution in [0.4, 0.5) is 5.69 Å². The molecule has 0 radical (unpaired) electrons. The van der Waals surface area contributed by atoms with Crippen molar-refractivity contribution in [2.45, 2.75) is 45.4 Å². The molecule has 1 rings (SSSR count). The Kier molecular flexibility index (Phi) is 3.80. The summed E-state index contributed by atoms with van der Waals surface area (Å²) in [5.74, 6) is 0. The number of nitrogens with two attached hydrogens (primary N) is 1. The SMILES string of the molecule is CC(C)(C)[Si](C)(C)OCCn1cc(N)cn1. The number of nitrogen functional groups attached to an aromatic ring is 1. The van der Waals surface area contributed by atoms with Gasteiger partial charge in [-0.2, -0.15) is 5.10 Å². The van der Waals surface area contributed by atoms with Gasteiger partial charge in [-0.15, -0.1) is 0 Å². The first-order chi connectivity index (χ1) is 7.22. The van der Waals surface area contributed by atoms with Crippen LogP contribution in [-0.2, 0) is 11.0 Å². The van der Waals surface area contributed by atoms with Crippen LogP contribution < -0.4 is 5.73 Å². The second-order valence-electron chi connectivity index (χ2n) is 5.65. The van der Waals surface area contributed by atoms with Crippen LogP contribution >= 0.6 is 0 Å². The van der Waals surface area contributed by atoms with E-state index < -0.39 is 8.32 Å². The molecule has 0 unspecified atom stereocenters. The molecule has 16 heavy (non-hydrogen) atoms. The summed E-state index contributed by atoms with van der Waals surface area (Å²) in [6.45, 7) is 12.7. The van der Waals surface area contributed by atoms with Gasteiger partial charge in [0.05, 0.1) is 25.0 Å². The average molecular weight is 241 g/mol. The van der Waals surface area contributed by atoms with Crippen molar-refractivity contribution in [3.8, 4) is 0 Å². The quantitative estimate of drug-likeness (QED) is 0.824. The van der Waals surface area contributed by atoms with Gasteiger partial charge in [0.1, 0.15) is 0 Å². The lowest BCUT2D eigenvalue weighted by atomic mass is 10.2. The van der Waals surface area contributed by atoms with E-state index in [1.54, 1.807) is 6.20 Å². The van der Waals surface area contributed by atoms with E-state index in [0.717, 1.165) is 6.54 Å². The summed E-state index contributed by atoms with van der Waals surface area (Å²) in [7, 11) is -1.62. The number of aromatic nitrogens is 2. The van der Waals surface area contributed by atoms with Gasteiger partial charge in [0.25, 0.3) is 0 Å². The summed E-state index contributed by atoms with van der Waals surface area (Å²) in [5, 5.41) is 4.38. The molecular formula is C11H23N3OSi. The van der Waals surface area contributed by atoms with Crippen LogP contribution in [0.2, 0.25) is 18.1 Å². The zero-order valence-corrected chi connectivity index (χ0v) is 11.9. The third kappa shape index (κ3) is 3.35. The van der Waals surface area contributed by atoms with Crippen molar-refractivity contribution in [3.63, 3.8) is 0 Å². The Morgan fingerprint density at radius 3 is 2.50 bits per heavy atom. The maximum atomic E-state index is 6.04. The van der Waals surface area contributed by atoms with E-state index in [-0.39, 0.29) is 5.04 Å². The van der Waals surface area contributed by atoms with Crippen LogP contribution in [0.1, 0.15) is 20.8 Å². The highest BCUT2D eigenvalue weighted by atomic mass is 28.4. The van der Waals surface area contributed by atoms with Gasteiger partial charge in [-0.05, 0) is 18.1 Å². The van der Waals surface area contributed by atoms with Crippen molar-refractivity contribution < 1.29 is 4.43 Å². The topological polar surface area (TPSA) is 53.1 Å². The number of rotatable bonds is 4. The van der Waals surface area contributed by atoms with Crippen molar-refractivity contribution in [1.82, 2.24) is 9.78 Å². The van der Waals surface area contributed by atoms with Gasteiger partial charge in [-0.1, -0.05) is 20.8 Å². The van der Waals surface area contributed by atoms with Crippen LogP contribution in [-0.4, -0.2) is 24.7 Å². The fraction of sp³-hybridized carbons (Fsp3) is 0.727. The van der Waals surface area contributed by atoms with E-state index in [2.05, 4.69) is 39.0 Å². The molecule has 1 aromatic heterocycles. The molecule has 4 nitrogen and oxygen atoms in total. The minimum atomic E-state index is -1.62. The van der Waals surface area contributed by atoms with Crippen molar-refractivity contribution in [1.29, 1.82) is 0 Å². The first-order valence-electron chi connectivity index (χ1n) is 5.64. The highest BCUT2D eigenvalue weighted by Gasteiger charge is 2.36. The molecule has 5 heteroatoms. The van der Waals surface area contributed by atoms with E-state index in [9.17, 15) is 0 Å². The lowest BCUT2D eigenvalue weighted by Gasteiger charge is -2.36. The summed E-state index contributed by atoms with van der Waals surface area (Å²) >= 11 is 0. The third-order valence-corrected chi connectivity index (χ3v) is 7.78. The lowest BCUT2D eigenvalue weighted by Crippen LogP contribution is -2.41. The van der Waals surface area contributed by atoms with Gasteiger partial charge in [0.2, 0.25) is 0 Å². The van der Waals surface area contributed by atoms with Crippen molar-refractivity contribution in [2.75, 3.05) is 12.3 Å². The van der Waals surface area contributed by atoms with Gasteiger partial charge in [0, 0.05) is 6.20 Å². The number of nitrogens with zero attached hydrogens (tertiary/aromatic N) is 2. The van der Waals surface area contributed by atoms with Gasteiger partial charge in [0.15, 0.2) is 8.32 Å². The Bertz CT molecular complexity index is 341. The van der Waals surface area contributed by atoms with Crippen LogP contribution in [0.3, 0.4) is 0 Å². The van der Waals surface area contributed by atoms with Gasteiger partial charge >= 0.3 is 0 Å². The standard InChI is InChI=1S/C11H23N3OSi/c1-11(2,3)16(4,5)15-7-6-14-9-10(12)8-13-14/h8-9H,6-7,12H2,1-5H3. The predicted octanol–water partition coefficient (Wildman–Crippen LogP) is 2.49. The van der Waals surface area contributed by atoms with E-state index in [4.69, 9.17) is 10.2 Å². The summed E-state index contributed by atoms with van der Waals surface area (Å²) in [5.41, 5.74) is 6.29. The maximum absolute atomic E-state index is 6.04. The largest absolute Gasteiger partial charge is 0.415 e. The fourth-order valence-electron chi connectivity index (χ4n) is 1.11. The molecule has 0 atom stereocenters. The predicted molar refractivity (Wildman–Crippen MR) is 69.8 cm³/mol. The highest BCUT2D eigenvalue weighted by molar-refractivity contribution is 6.74. The Hall–Kier alpha value is -0.813. The van der Waals surface area contributed by atoms with Crippen molar-refractivity contribution >= 4 is 14.0 Å². The van der Waals surface area contributed by atoms with Crippen LogP contribution in [0, 0.1) is 0 Å². The molecular weight excluding hydrogens is 218 g/mol. The summed E-state index contributed by atoms with van der Waals surface area (Å²) in [6, 6.07) is 0. The van der Waals surface area contributed by atoms with Gasteiger partial charge in [-0.25, -0.2) is 0 Å². The Labute approximate surface area is 98.9 Å². The summed E-state index contributed by atoms with van der Waals surface area (Å²) in [4.78, 5) is 0. The molecule has 1 heterocycles. The minimum Gasteiger partial charge on any atom is -0.415 e. The molecule has 0 spiro atoms. The first kappa shape index (κ1) is 13.3. The van der Waals surface area contributed by atoms with E-state index >= 15 is 0 Å². The molecule has 0 amide bonds. The van der Waals surface area contributed by atoms with Gasteiger partial charge < -0.3 is 10.2 Å². The second kappa shape index (κ2) is 4.59. The Morgan fingerprint density at radius 1 is 1.44 bits per heavy atom. The number of hydrogen-bond donors (Lipinski definition) is 1. The summed E-state index contributed by atoms with van der Waals surface area (Å²) < 4.78 is 7.87. The maximum Gasteiger partial charge on any atom is 0.192 e. The average Bonchev–Trinajstić information content (AvgIpc) is 2.49. The normalized spacial score (nSPS) is 13.1. The fourth-order valence-corrected chi connectivity index (χ4v) is 2.15. The minimum absolute atomic E-state index is 0.260. The lowest BCUT2D eigenvalue weighted by molar-refractivity contribution is 0.266. The monoisotopic (exact) mass is 241 g/mol. The molecule has 0 aliphatic heterocycles. The third-order valence-electron chi connectivity index (χ3n) is 3.24. The van der Waals surface area contributed by atoms with Crippen molar-refractivity contribution in [2.24, 2.45) is 0 Å². The smallest absolute Gasteiger partial charge is 0.192 e. The van der Waals surface area contributed by atoms with E-state index in [0.29, 0.717) is 12.3 Å². The molecule has 2 N–H and O–H groups in total. The number of hydrogen-bond acceptors (Lipinski definition) is 3. The van der Waals surface area contributed by atoms with Crippen LogP contribution in [0.25, 0.3) is 0 Å². The molecule has 0 aliphatic carbocycles. The molecule has 0 aromatic carbocycles. The second-order valence-corrected chi connectivity index (χ2v) is 10.5. The Balaban J connectivity index is 2.41. The zero-order chi connectivity index (χ0) is 12.4. The zero-order valence-electron chi connectivity index (χ0n) is 10.9. The molecule has 0 bridgehead atoms. The van der Waals surface area contributed by atoms with Gasteiger partial charge in [-0.3, -0.25) is 4.68 Å². The highest BCUT2D eigenvalue weighted by Crippen LogP contribution is 2.36. The number of anilines is 1. The summed E-state index contributed by atoms with van der Waals surface area (Å²) in [6.07, 6.45) is 3.49. The molecule has 0 saturated heterocycles. The van der Waals surface area contributed by atoms with Crippen LogP contribution in [0.5, 0.6) is 0 Å². The van der Waals surface area contributed by atoms with Crippen LogP contribution in [0.15, 0.2) is 12.4 Å². The molecule has 0 aliphatic rings.